The van der Waals surface area contributed by atoms with Gasteiger partial charge in [0, 0.05) is 18.1 Å². The molecule has 0 heterocycles. The zero-order valence-electron chi connectivity index (χ0n) is 22.9. The van der Waals surface area contributed by atoms with E-state index in [9.17, 15) is 18.0 Å². The van der Waals surface area contributed by atoms with Gasteiger partial charge in [0.25, 0.3) is 10.0 Å². The molecule has 2 amide bonds. The number of sulfonamides is 1. The third-order valence-electron chi connectivity index (χ3n) is 6.59. The molecule has 0 aliphatic carbocycles. The van der Waals surface area contributed by atoms with E-state index in [1.54, 1.807) is 12.1 Å². The van der Waals surface area contributed by atoms with Crippen LogP contribution in [0.1, 0.15) is 43.4 Å². The summed E-state index contributed by atoms with van der Waals surface area (Å²) < 4.78 is 28.9. The van der Waals surface area contributed by atoms with Crippen LogP contribution in [-0.4, -0.2) is 44.3 Å². The molecule has 0 aromatic heterocycles. The van der Waals surface area contributed by atoms with Crippen LogP contribution in [0, 0.1) is 13.8 Å². The standard InChI is InChI=1S/C30H36ClN3O4S/c1-5-18-32-30(36)28(6-2)33(20-24-10-8-7-9-11-24)29(35)21-34(26-15-12-22(3)23(4)19-26)39(37,38)27-16-13-25(31)14-17-27/h7-17,19,28H,5-6,18,20-21H2,1-4H3,(H,32,36). The highest BCUT2D eigenvalue weighted by Gasteiger charge is 2.33. The maximum atomic E-state index is 14.0. The van der Waals surface area contributed by atoms with Gasteiger partial charge in [-0.1, -0.05) is 61.8 Å². The second kappa shape index (κ2) is 13.6. The third-order valence-corrected chi connectivity index (χ3v) is 8.63. The molecule has 208 valence electrons. The monoisotopic (exact) mass is 569 g/mol. The topological polar surface area (TPSA) is 86.8 Å². The van der Waals surface area contributed by atoms with Crippen molar-refractivity contribution in [3.8, 4) is 0 Å². The summed E-state index contributed by atoms with van der Waals surface area (Å²) in [4.78, 5) is 28.6. The van der Waals surface area contributed by atoms with Crippen molar-refractivity contribution in [3.63, 3.8) is 0 Å². The van der Waals surface area contributed by atoms with Crippen LogP contribution in [-0.2, 0) is 26.2 Å². The summed E-state index contributed by atoms with van der Waals surface area (Å²) in [6, 6.07) is 19.7. The smallest absolute Gasteiger partial charge is 0.264 e. The Balaban J connectivity index is 2.06. The van der Waals surface area contributed by atoms with Crippen molar-refractivity contribution in [2.75, 3.05) is 17.4 Å². The number of hydrogen-bond donors (Lipinski definition) is 1. The molecule has 0 saturated heterocycles. The van der Waals surface area contributed by atoms with Crippen LogP contribution in [0.2, 0.25) is 5.02 Å². The van der Waals surface area contributed by atoms with Crippen molar-refractivity contribution < 1.29 is 18.0 Å². The van der Waals surface area contributed by atoms with E-state index < -0.39 is 28.5 Å². The SMILES string of the molecule is CCCNC(=O)C(CC)N(Cc1ccccc1)C(=O)CN(c1ccc(C)c(C)c1)S(=O)(=O)c1ccc(Cl)cc1. The molecule has 0 fully saturated rings. The lowest BCUT2D eigenvalue weighted by atomic mass is 10.1. The number of anilines is 1. The minimum atomic E-state index is -4.14. The molecule has 0 spiro atoms. The highest BCUT2D eigenvalue weighted by atomic mass is 35.5. The molecule has 7 nitrogen and oxygen atoms in total. The van der Waals surface area contributed by atoms with Crippen molar-refractivity contribution in [2.45, 2.75) is 58.0 Å². The Labute approximate surface area is 236 Å². The van der Waals surface area contributed by atoms with Crippen LogP contribution in [0.25, 0.3) is 0 Å². The molecular weight excluding hydrogens is 534 g/mol. The molecule has 3 rings (SSSR count). The molecule has 1 atom stereocenters. The number of nitrogens with one attached hydrogen (secondary N) is 1. The second-order valence-corrected chi connectivity index (χ2v) is 11.8. The van der Waals surface area contributed by atoms with Gasteiger partial charge in [-0.15, -0.1) is 0 Å². The molecule has 39 heavy (non-hydrogen) atoms. The summed E-state index contributed by atoms with van der Waals surface area (Å²) in [6.45, 7) is 7.80. The lowest BCUT2D eigenvalue weighted by Crippen LogP contribution is -2.52. The van der Waals surface area contributed by atoms with Gasteiger partial charge < -0.3 is 10.2 Å². The molecule has 0 radical (unpaired) electrons. The zero-order chi connectivity index (χ0) is 28.6. The molecular formula is C30H36ClN3O4S. The summed E-state index contributed by atoms with van der Waals surface area (Å²) in [5.41, 5.74) is 3.09. The van der Waals surface area contributed by atoms with Crippen molar-refractivity contribution in [2.24, 2.45) is 0 Å². The maximum absolute atomic E-state index is 14.0. The van der Waals surface area contributed by atoms with Crippen molar-refractivity contribution in [3.05, 3.63) is 94.5 Å². The van der Waals surface area contributed by atoms with E-state index in [1.165, 1.54) is 29.2 Å². The van der Waals surface area contributed by atoms with E-state index in [0.717, 1.165) is 27.4 Å². The van der Waals surface area contributed by atoms with Gasteiger partial charge >= 0.3 is 0 Å². The summed E-state index contributed by atoms with van der Waals surface area (Å²) in [5.74, 6) is -0.741. The fraction of sp³-hybridized carbons (Fsp3) is 0.333. The molecule has 0 saturated carbocycles. The van der Waals surface area contributed by atoms with Crippen molar-refractivity contribution >= 4 is 39.1 Å². The number of nitrogens with zero attached hydrogens (tertiary/aromatic N) is 2. The van der Waals surface area contributed by atoms with E-state index in [2.05, 4.69) is 5.32 Å². The minimum absolute atomic E-state index is 0.0141. The first-order valence-electron chi connectivity index (χ1n) is 13.0. The van der Waals surface area contributed by atoms with Crippen LogP contribution >= 0.6 is 11.6 Å². The predicted octanol–water partition coefficient (Wildman–Crippen LogP) is 5.49. The van der Waals surface area contributed by atoms with E-state index >= 15 is 0 Å². The van der Waals surface area contributed by atoms with Crippen molar-refractivity contribution in [1.29, 1.82) is 0 Å². The number of carbonyl (C=O) groups is 2. The molecule has 9 heteroatoms. The third kappa shape index (κ3) is 7.61. The quantitative estimate of drug-likeness (QED) is 0.313. The summed E-state index contributed by atoms with van der Waals surface area (Å²) in [5, 5.41) is 3.29. The number of amides is 2. The summed E-state index contributed by atoms with van der Waals surface area (Å²) in [6.07, 6.45) is 1.14. The number of rotatable bonds is 12. The number of aryl methyl sites for hydroxylation is 2. The number of halogens is 1. The zero-order valence-corrected chi connectivity index (χ0v) is 24.4. The first kappa shape index (κ1) is 30.2. The highest BCUT2D eigenvalue weighted by Crippen LogP contribution is 2.27. The molecule has 3 aromatic carbocycles. The van der Waals surface area contributed by atoms with Crippen molar-refractivity contribution in [1.82, 2.24) is 10.2 Å². The molecule has 1 N–H and O–H groups in total. The van der Waals surface area contributed by atoms with E-state index in [1.807, 2.05) is 64.1 Å². The molecule has 1 unspecified atom stereocenters. The first-order chi connectivity index (χ1) is 18.6. The normalized spacial score (nSPS) is 12.0. The first-order valence-corrected chi connectivity index (χ1v) is 14.9. The Kier molecular flexibility index (Phi) is 10.5. The van der Waals surface area contributed by atoms with Gasteiger partial charge in [0.2, 0.25) is 11.8 Å². The molecule has 0 aliphatic heterocycles. The van der Waals surface area contributed by atoms with E-state index in [4.69, 9.17) is 11.6 Å². The highest BCUT2D eigenvalue weighted by molar-refractivity contribution is 7.92. The lowest BCUT2D eigenvalue weighted by molar-refractivity contribution is -0.140. The molecule has 3 aromatic rings. The van der Waals surface area contributed by atoms with Crippen LogP contribution in [0.4, 0.5) is 5.69 Å². The fourth-order valence-corrected chi connectivity index (χ4v) is 5.74. The van der Waals surface area contributed by atoms with Crippen LogP contribution in [0.3, 0.4) is 0 Å². The van der Waals surface area contributed by atoms with Gasteiger partial charge in [-0.3, -0.25) is 13.9 Å². The number of carbonyl (C=O) groups excluding carboxylic acids is 2. The Bertz CT molecular complexity index is 1380. The lowest BCUT2D eigenvalue weighted by Gasteiger charge is -2.33. The largest absolute Gasteiger partial charge is 0.354 e. The Hall–Kier alpha value is -3.36. The van der Waals surface area contributed by atoms with Crippen LogP contribution in [0.5, 0.6) is 0 Å². The molecule has 0 bridgehead atoms. The minimum Gasteiger partial charge on any atom is -0.354 e. The van der Waals surface area contributed by atoms with Crippen LogP contribution in [0.15, 0.2) is 77.7 Å². The summed E-state index contributed by atoms with van der Waals surface area (Å²) >= 11 is 6.01. The maximum Gasteiger partial charge on any atom is 0.264 e. The average Bonchev–Trinajstić information content (AvgIpc) is 2.92. The van der Waals surface area contributed by atoms with E-state index in [0.29, 0.717) is 23.7 Å². The Morgan fingerprint density at radius 3 is 2.18 bits per heavy atom. The average molecular weight is 570 g/mol. The van der Waals surface area contributed by atoms with Gasteiger partial charge in [-0.2, -0.15) is 0 Å². The fourth-order valence-electron chi connectivity index (χ4n) is 4.21. The van der Waals surface area contributed by atoms with Gasteiger partial charge in [-0.25, -0.2) is 8.42 Å². The number of hydrogen-bond acceptors (Lipinski definition) is 4. The Morgan fingerprint density at radius 1 is 0.923 bits per heavy atom. The van der Waals surface area contributed by atoms with E-state index in [-0.39, 0.29) is 17.3 Å². The van der Waals surface area contributed by atoms with Gasteiger partial charge in [0.05, 0.1) is 10.6 Å². The molecule has 0 aliphatic rings. The van der Waals surface area contributed by atoms with Gasteiger partial charge in [0.15, 0.2) is 0 Å². The van der Waals surface area contributed by atoms with Gasteiger partial charge in [-0.05, 0) is 79.8 Å². The Morgan fingerprint density at radius 2 is 1.59 bits per heavy atom. The summed E-state index contributed by atoms with van der Waals surface area (Å²) in [7, 11) is -4.14. The predicted molar refractivity (Wildman–Crippen MR) is 156 cm³/mol. The van der Waals surface area contributed by atoms with Gasteiger partial charge in [0.1, 0.15) is 12.6 Å². The second-order valence-electron chi connectivity index (χ2n) is 9.46. The number of benzene rings is 3. The van der Waals surface area contributed by atoms with Crippen LogP contribution < -0.4 is 9.62 Å².